The van der Waals surface area contributed by atoms with Gasteiger partial charge in [0.05, 0.1) is 17.7 Å². The lowest BCUT2D eigenvalue weighted by molar-refractivity contribution is -0.116. The van der Waals surface area contributed by atoms with Crippen LogP contribution in [0.3, 0.4) is 0 Å². The second-order valence-electron chi connectivity index (χ2n) is 6.70. The number of carbonyl (C=O) groups is 1. The van der Waals surface area contributed by atoms with E-state index in [0.29, 0.717) is 50.6 Å². The van der Waals surface area contributed by atoms with Gasteiger partial charge in [0, 0.05) is 39.1 Å². The van der Waals surface area contributed by atoms with E-state index in [-0.39, 0.29) is 10.8 Å². The first-order valence-corrected chi connectivity index (χ1v) is 10.7. The minimum atomic E-state index is -3.64. The van der Waals surface area contributed by atoms with Crippen LogP contribution < -0.4 is 10.1 Å². The maximum Gasteiger partial charge on any atom is 0.243 e. The van der Waals surface area contributed by atoms with Gasteiger partial charge in [0.15, 0.2) is 0 Å². The summed E-state index contributed by atoms with van der Waals surface area (Å²) in [6.07, 6.45) is 0.294. The molecule has 0 bridgehead atoms. The van der Waals surface area contributed by atoms with Gasteiger partial charge in [-0.25, -0.2) is 12.8 Å². The summed E-state index contributed by atoms with van der Waals surface area (Å²) in [5, 5.41) is 2.83. The molecule has 1 saturated heterocycles. The van der Waals surface area contributed by atoms with Crippen LogP contribution in [0.5, 0.6) is 5.75 Å². The zero-order valence-corrected chi connectivity index (χ0v) is 17.0. The molecule has 29 heavy (non-hydrogen) atoms. The maximum absolute atomic E-state index is 13.0. The first-order chi connectivity index (χ1) is 13.9. The van der Waals surface area contributed by atoms with Gasteiger partial charge in [0.2, 0.25) is 15.9 Å². The molecule has 1 aliphatic rings. The third-order valence-corrected chi connectivity index (χ3v) is 6.73. The van der Waals surface area contributed by atoms with Gasteiger partial charge >= 0.3 is 0 Å². The topological polar surface area (TPSA) is 79.0 Å². The molecule has 0 aromatic heterocycles. The van der Waals surface area contributed by atoms with Crippen LogP contribution in [0.25, 0.3) is 0 Å². The second-order valence-corrected chi connectivity index (χ2v) is 8.64. The number of nitrogens with one attached hydrogen (secondary N) is 1. The van der Waals surface area contributed by atoms with Crippen LogP contribution in [0.4, 0.5) is 10.1 Å². The summed E-state index contributed by atoms with van der Waals surface area (Å²) in [7, 11) is -2.09. The number of amides is 1. The van der Waals surface area contributed by atoms with Gasteiger partial charge in [0.1, 0.15) is 11.6 Å². The van der Waals surface area contributed by atoms with Gasteiger partial charge in [-0.05, 0) is 36.4 Å². The Morgan fingerprint density at radius 2 is 1.72 bits per heavy atom. The Kier molecular flexibility index (Phi) is 6.83. The number of benzene rings is 2. The third kappa shape index (κ3) is 5.31. The standard InChI is InChI=1S/C20H24FN3O4S/c1-28-19-5-3-2-4-18(19)22-20(25)10-11-23-12-14-24(15-13-23)29(26,27)17-8-6-16(21)7-9-17/h2-9H,10-15H2,1H3,(H,22,25). The molecule has 7 nitrogen and oxygen atoms in total. The number of rotatable bonds is 7. The molecule has 156 valence electrons. The zero-order valence-electron chi connectivity index (χ0n) is 16.2. The Labute approximate surface area is 170 Å². The molecule has 0 aliphatic carbocycles. The highest BCUT2D eigenvalue weighted by atomic mass is 32.2. The summed E-state index contributed by atoms with van der Waals surface area (Å²) in [5.41, 5.74) is 0.621. The number of hydrogen-bond acceptors (Lipinski definition) is 5. The molecule has 1 amide bonds. The average molecular weight is 421 g/mol. The minimum absolute atomic E-state index is 0.0866. The number of hydrogen-bond donors (Lipinski definition) is 1. The molecule has 0 unspecified atom stereocenters. The number of methoxy groups -OCH3 is 1. The molecule has 0 saturated carbocycles. The Balaban J connectivity index is 1.48. The Morgan fingerprint density at radius 3 is 2.38 bits per heavy atom. The van der Waals surface area contributed by atoms with E-state index in [1.807, 2.05) is 12.1 Å². The molecule has 1 heterocycles. The van der Waals surface area contributed by atoms with Crippen molar-refractivity contribution < 1.29 is 22.3 Å². The Morgan fingerprint density at radius 1 is 1.07 bits per heavy atom. The van der Waals surface area contributed by atoms with E-state index in [4.69, 9.17) is 4.74 Å². The summed E-state index contributed by atoms with van der Waals surface area (Å²) < 4.78 is 44.9. The number of carbonyl (C=O) groups excluding carboxylic acids is 1. The molecule has 1 N–H and O–H groups in total. The maximum atomic E-state index is 13.0. The first kappa shape index (κ1) is 21.2. The quantitative estimate of drug-likeness (QED) is 0.741. The van der Waals surface area contributed by atoms with Gasteiger partial charge < -0.3 is 15.0 Å². The highest BCUT2D eigenvalue weighted by Gasteiger charge is 2.28. The van der Waals surface area contributed by atoms with Gasteiger partial charge in [-0.15, -0.1) is 0 Å². The first-order valence-electron chi connectivity index (χ1n) is 9.31. The van der Waals surface area contributed by atoms with Crippen LogP contribution in [-0.2, 0) is 14.8 Å². The fourth-order valence-corrected chi connectivity index (χ4v) is 4.59. The SMILES string of the molecule is COc1ccccc1NC(=O)CCN1CCN(S(=O)(=O)c2ccc(F)cc2)CC1. The molecule has 1 fully saturated rings. The lowest BCUT2D eigenvalue weighted by atomic mass is 10.2. The van der Waals surface area contributed by atoms with E-state index in [2.05, 4.69) is 10.2 Å². The number of piperazine rings is 1. The van der Waals surface area contributed by atoms with Gasteiger partial charge in [-0.3, -0.25) is 4.79 Å². The lowest BCUT2D eigenvalue weighted by Gasteiger charge is -2.33. The Hall–Kier alpha value is -2.49. The summed E-state index contributed by atoms with van der Waals surface area (Å²) in [6.45, 7) is 2.25. The molecule has 1 aliphatic heterocycles. The van der Waals surface area contributed by atoms with Crippen LogP contribution in [0.2, 0.25) is 0 Å². The van der Waals surface area contributed by atoms with Crippen LogP contribution in [0.1, 0.15) is 6.42 Å². The average Bonchev–Trinajstić information content (AvgIpc) is 2.73. The van der Waals surface area contributed by atoms with Crippen molar-refractivity contribution in [1.29, 1.82) is 0 Å². The van der Waals surface area contributed by atoms with Crippen molar-refractivity contribution in [2.24, 2.45) is 0 Å². The summed E-state index contributed by atoms with van der Waals surface area (Å²) >= 11 is 0. The van der Waals surface area contributed by atoms with E-state index in [0.717, 1.165) is 12.1 Å². The zero-order chi connectivity index (χ0) is 20.9. The number of para-hydroxylation sites is 2. The van der Waals surface area contributed by atoms with Crippen molar-refractivity contribution in [2.45, 2.75) is 11.3 Å². The molecule has 3 rings (SSSR count). The van der Waals surface area contributed by atoms with E-state index in [9.17, 15) is 17.6 Å². The van der Waals surface area contributed by atoms with Crippen molar-refractivity contribution in [3.63, 3.8) is 0 Å². The van der Waals surface area contributed by atoms with E-state index < -0.39 is 15.8 Å². The molecule has 0 atom stereocenters. The highest BCUT2D eigenvalue weighted by molar-refractivity contribution is 7.89. The van der Waals surface area contributed by atoms with Crippen LogP contribution >= 0.6 is 0 Å². The fraction of sp³-hybridized carbons (Fsp3) is 0.350. The number of anilines is 1. The summed E-state index contributed by atoms with van der Waals surface area (Å²) in [5.74, 6) is -0.00324. The molecular weight excluding hydrogens is 397 g/mol. The summed E-state index contributed by atoms with van der Waals surface area (Å²) in [6, 6.07) is 12.0. The van der Waals surface area contributed by atoms with Crippen molar-refractivity contribution >= 4 is 21.6 Å². The predicted molar refractivity (Wildman–Crippen MR) is 108 cm³/mol. The number of halogens is 1. The second kappa shape index (κ2) is 9.34. The molecule has 2 aromatic rings. The fourth-order valence-electron chi connectivity index (χ4n) is 3.17. The predicted octanol–water partition coefficient (Wildman–Crippen LogP) is 2.17. The molecule has 2 aromatic carbocycles. The lowest BCUT2D eigenvalue weighted by Crippen LogP contribution is -2.49. The number of nitrogens with zero attached hydrogens (tertiary/aromatic N) is 2. The third-order valence-electron chi connectivity index (χ3n) is 4.82. The van der Waals surface area contributed by atoms with E-state index in [1.165, 1.54) is 16.4 Å². The molecule has 0 spiro atoms. The van der Waals surface area contributed by atoms with Crippen molar-refractivity contribution in [3.8, 4) is 5.75 Å². The normalized spacial score (nSPS) is 15.8. The van der Waals surface area contributed by atoms with Crippen LogP contribution in [0.15, 0.2) is 53.4 Å². The van der Waals surface area contributed by atoms with Crippen LogP contribution in [-0.4, -0.2) is 63.4 Å². The van der Waals surface area contributed by atoms with Crippen molar-refractivity contribution in [3.05, 3.63) is 54.3 Å². The molecular formula is C20H24FN3O4S. The van der Waals surface area contributed by atoms with Crippen molar-refractivity contribution in [2.75, 3.05) is 45.2 Å². The Bertz CT molecular complexity index is 942. The highest BCUT2D eigenvalue weighted by Crippen LogP contribution is 2.23. The van der Waals surface area contributed by atoms with E-state index >= 15 is 0 Å². The molecule has 0 radical (unpaired) electrons. The van der Waals surface area contributed by atoms with Gasteiger partial charge in [-0.2, -0.15) is 4.31 Å². The minimum Gasteiger partial charge on any atom is -0.495 e. The number of ether oxygens (including phenoxy) is 1. The van der Waals surface area contributed by atoms with Crippen LogP contribution in [0, 0.1) is 5.82 Å². The monoisotopic (exact) mass is 421 g/mol. The molecule has 9 heteroatoms. The smallest absolute Gasteiger partial charge is 0.243 e. The number of sulfonamides is 1. The summed E-state index contributed by atoms with van der Waals surface area (Å²) in [4.78, 5) is 14.4. The van der Waals surface area contributed by atoms with Crippen molar-refractivity contribution in [1.82, 2.24) is 9.21 Å². The van der Waals surface area contributed by atoms with E-state index in [1.54, 1.807) is 19.2 Å². The largest absolute Gasteiger partial charge is 0.495 e. The van der Waals surface area contributed by atoms with Gasteiger partial charge in [-0.1, -0.05) is 12.1 Å². The van der Waals surface area contributed by atoms with Gasteiger partial charge in [0.25, 0.3) is 0 Å².